The monoisotopic (exact) mass is 260 g/mol. The summed E-state index contributed by atoms with van der Waals surface area (Å²) in [6.07, 6.45) is 1.61. The van der Waals surface area contributed by atoms with Crippen LogP contribution >= 0.6 is 0 Å². The molecule has 100 valence electrons. The highest BCUT2D eigenvalue weighted by Gasteiger charge is 2.03. The minimum absolute atomic E-state index is 0.100. The molecule has 0 atom stereocenters. The summed E-state index contributed by atoms with van der Waals surface area (Å²) in [5.41, 5.74) is 0.741. The van der Waals surface area contributed by atoms with Crippen LogP contribution in [-0.4, -0.2) is 19.6 Å². The summed E-state index contributed by atoms with van der Waals surface area (Å²) >= 11 is 0. The summed E-state index contributed by atoms with van der Waals surface area (Å²) in [5, 5.41) is 5.79. The van der Waals surface area contributed by atoms with E-state index in [9.17, 15) is 4.79 Å². The molecule has 2 rings (SSSR count). The van der Waals surface area contributed by atoms with Gasteiger partial charge in [0.1, 0.15) is 11.5 Å². The fraction of sp³-hybridized carbons (Fsp3) is 0.214. The maximum absolute atomic E-state index is 11.7. The number of ether oxygens (including phenoxy) is 1. The molecule has 0 aliphatic rings. The molecule has 1 amide bonds. The number of rotatable bonds is 6. The number of carbonyl (C=O) groups excluding carboxylic acids is 1. The van der Waals surface area contributed by atoms with E-state index in [0.717, 1.165) is 17.2 Å². The minimum atomic E-state index is -0.100. The van der Waals surface area contributed by atoms with Gasteiger partial charge in [-0.05, 0) is 36.4 Å². The first kappa shape index (κ1) is 13.2. The van der Waals surface area contributed by atoms with Gasteiger partial charge in [0.05, 0.1) is 26.5 Å². The number of anilines is 1. The smallest absolute Gasteiger partial charge is 0.238 e. The zero-order chi connectivity index (χ0) is 13.5. The van der Waals surface area contributed by atoms with Crippen molar-refractivity contribution in [2.75, 3.05) is 19.0 Å². The highest BCUT2D eigenvalue weighted by Crippen LogP contribution is 2.14. The standard InChI is InChI=1S/C14H16N2O3/c1-18-12-6-4-11(5-7-12)16-14(17)10-15-9-13-3-2-8-19-13/h2-8,15H,9-10H2,1H3,(H,16,17). The summed E-state index contributed by atoms with van der Waals surface area (Å²) in [4.78, 5) is 11.7. The van der Waals surface area contributed by atoms with Gasteiger partial charge in [-0.3, -0.25) is 4.79 Å². The van der Waals surface area contributed by atoms with Crippen molar-refractivity contribution in [3.8, 4) is 5.75 Å². The fourth-order valence-corrected chi connectivity index (χ4v) is 1.59. The van der Waals surface area contributed by atoms with E-state index in [2.05, 4.69) is 10.6 Å². The first-order valence-electron chi connectivity index (χ1n) is 5.95. The molecule has 0 unspecified atom stereocenters. The second-order valence-corrected chi connectivity index (χ2v) is 3.96. The Labute approximate surface area is 111 Å². The van der Waals surface area contributed by atoms with Gasteiger partial charge < -0.3 is 19.8 Å². The lowest BCUT2D eigenvalue weighted by molar-refractivity contribution is -0.115. The maximum Gasteiger partial charge on any atom is 0.238 e. The Balaban J connectivity index is 1.74. The average Bonchev–Trinajstić information content (AvgIpc) is 2.93. The topological polar surface area (TPSA) is 63.5 Å². The molecule has 2 N–H and O–H groups in total. The van der Waals surface area contributed by atoms with Crippen LogP contribution < -0.4 is 15.4 Å². The van der Waals surface area contributed by atoms with Crippen LogP contribution in [-0.2, 0) is 11.3 Å². The van der Waals surface area contributed by atoms with E-state index in [1.807, 2.05) is 12.1 Å². The van der Waals surface area contributed by atoms with E-state index < -0.39 is 0 Å². The molecule has 0 fully saturated rings. The average molecular weight is 260 g/mol. The molecule has 1 heterocycles. The van der Waals surface area contributed by atoms with Crippen molar-refractivity contribution < 1.29 is 13.9 Å². The zero-order valence-electron chi connectivity index (χ0n) is 10.7. The van der Waals surface area contributed by atoms with Crippen molar-refractivity contribution in [1.82, 2.24) is 5.32 Å². The van der Waals surface area contributed by atoms with Gasteiger partial charge in [0, 0.05) is 5.69 Å². The molecule has 0 spiro atoms. The van der Waals surface area contributed by atoms with E-state index in [0.29, 0.717) is 6.54 Å². The van der Waals surface area contributed by atoms with Crippen LogP contribution in [0.5, 0.6) is 5.75 Å². The van der Waals surface area contributed by atoms with Gasteiger partial charge in [-0.2, -0.15) is 0 Å². The number of carbonyl (C=O) groups is 1. The van der Waals surface area contributed by atoms with Gasteiger partial charge in [0.15, 0.2) is 0 Å². The maximum atomic E-state index is 11.7. The number of amides is 1. The molecular weight excluding hydrogens is 244 g/mol. The number of benzene rings is 1. The van der Waals surface area contributed by atoms with Crippen molar-refractivity contribution in [2.24, 2.45) is 0 Å². The van der Waals surface area contributed by atoms with Gasteiger partial charge >= 0.3 is 0 Å². The van der Waals surface area contributed by atoms with Crippen LogP contribution in [0.4, 0.5) is 5.69 Å². The van der Waals surface area contributed by atoms with Crippen molar-refractivity contribution in [1.29, 1.82) is 0 Å². The van der Waals surface area contributed by atoms with Crippen molar-refractivity contribution >= 4 is 11.6 Å². The number of nitrogens with one attached hydrogen (secondary N) is 2. The van der Waals surface area contributed by atoms with Gasteiger partial charge in [-0.25, -0.2) is 0 Å². The highest BCUT2D eigenvalue weighted by molar-refractivity contribution is 5.92. The Bertz CT molecular complexity index is 506. The molecule has 0 aliphatic carbocycles. The second kappa shape index (κ2) is 6.61. The number of hydrogen-bond acceptors (Lipinski definition) is 4. The van der Waals surface area contributed by atoms with Gasteiger partial charge in [-0.15, -0.1) is 0 Å². The Morgan fingerprint density at radius 3 is 2.68 bits per heavy atom. The quantitative estimate of drug-likeness (QED) is 0.834. The summed E-state index contributed by atoms with van der Waals surface area (Å²) < 4.78 is 10.2. The van der Waals surface area contributed by atoms with E-state index in [4.69, 9.17) is 9.15 Å². The van der Waals surface area contributed by atoms with Crippen LogP contribution in [0.15, 0.2) is 47.1 Å². The SMILES string of the molecule is COc1ccc(NC(=O)CNCc2ccco2)cc1. The normalized spacial score (nSPS) is 10.2. The Kier molecular flexibility index (Phi) is 4.58. The molecule has 0 radical (unpaired) electrons. The van der Waals surface area contributed by atoms with E-state index in [1.54, 1.807) is 37.6 Å². The predicted molar refractivity (Wildman–Crippen MR) is 72.0 cm³/mol. The highest BCUT2D eigenvalue weighted by atomic mass is 16.5. The third kappa shape index (κ3) is 4.15. The van der Waals surface area contributed by atoms with Crippen LogP contribution in [0.1, 0.15) is 5.76 Å². The van der Waals surface area contributed by atoms with Gasteiger partial charge in [0.25, 0.3) is 0 Å². The van der Waals surface area contributed by atoms with E-state index >= 15 is 0 Å². The lowest BCUT2D eigenvalue weighted by atomic mass is 10.3. The third-order valence-electron chi connectivity index (χ3n) is 2.54. The van der Waals surface area contributed by atoms with Crippen LogP contribution in [0.2, 0.25) is 0 Å². The summed E-state index contributed by atoms with van der Waals surface area (Å²) in [6.45, 7) is 0.760. The first-order chi connectivity index (χ1) is 9.28. The Morgan fingerprint density at radius 2 is 2.05 bits per heavy atom. The van der Waals surface area contributed by atoms with Gasteiger partial charge in [0.2, 0.25) is 5.91 Å². The lowest BCUT2D eigenvalue weighted by Crippen LogP contribution is -2.27. The Morgan fingerprint density at radius 1 is 1.26 bits per heavy atom. The molecule has 0 saturated carbocycles. The summed E-state index contributed by atoms with van der Waals surface area (Å²) in [6, 6.07) is 10.9. The molecule has 19 heavy (non-hydrogen) atoms. The lowest BCUT2D eigenvalue weighted by Gasteiger charge is -2.06. The second-order valence-electron chi connectivity index (χ2n) is 3.96. The molecule has 0 aliphatic heterocycles. The van der Waals surface area contributed by atoms with E-state index in [-0.39, 0.29) is 12.5 Å². The number of methoxy groups -OCH3 is 1. The molecule has 1 aromatic heterocycles. The van der Waals surface area contributed by atoms with Crippen LogP contribution in [0, 0.1) is 0 Å². The fourth-order valence-electron chi connectivity index (χ4n) is 1.59. The number of furan rings is 1. The summed E-state index contributed by atoms with van der Waals surface area (Å²) in [7, 11) is 1.60. The van der Waals surface area contributed by atoms with Crippen molar-refractivity contribution in [3.05, 3.63) is 48.4 Å². The molecular formula is C14H16N2O3. The van der Waals surface area contributed by atoms with E-state index in [1.165, 1.54) is 0 Å². The Hall–Kier alpha value is -2.27. The van der Waals surface area contributed by atoms with Crippen LogP contribution in [0.25, 0.3) is 0 Å². The van der Waals surface area contributed by atoms with Crippen LogP contribution in [0.3, 0.4) is 0 Å². The molecule has 0 bridgehead atoms. The first-order valence-corrected chi connectivity index (χ1v) is 5.95. The van der Waals surface area contributed by atoms with Crippen molar-refractivity contribution in [3.63, 3.8) is 0 Å². The third-order valence-corrected chi connectivity index (χ3v) is 2.54. The number of hydrogen-bond donors (Lipinski definition) is 2. The predicted octanol–water partition coefficient (Wildman–Crippen LogP) is 2.02. The molecule has 5 heteroatoms. The largest absolute Gasteiger partial charge is 0.497 e. The molecule has 0 saturated heterocycles. The molecule has 2 aromatic rings. The van der Waals surface area contributed by atoms with Gasteiger partial charge in [-0.1, -0.05) is 0 Å². The zero-order valence-corrected chi connectivity index (χ0v) is 10.7. The minimum Gasteiger partial charge on any atom is -0.497 e. The molecule has 5 nitrogen and oxygen atoms in total. The molecule has 1 aromatic carbocycles. The van der Waals surface area contributed by atoms with Crippen molar-refractivity contribution in [2.45, 2.75) is 6.54 Å². The summed E-state index contributed by atoms with van der Waals surface area (Å²) in [5.74, 6) is 1.46.